The number of carbonyl (C=O) groups is 1. The number of benzene rings is 1. The summed E-state index contributed by atoms with van der Waals surface area (Å²) in [6, 6.07) is 10.2. The monoisotopic (exact) mass is 598 g/mol. The SMILES string of the molecule is C=C(C(=O)C(CC1CCCC1)c1ccc(S(=O)(=O)NCCN2CCC(O)CC2)cc1)c1nc2ccc(OC)nc2s1. The molecule has 1 aromatic carbocycles. The van der Waals surface area contributed by atoms with Crippen molar-refractivity contribution in [2.45, 2.75) is 61.9 Å². The number of aliphatic hydroxyl groups is 1. The molecule has 2 N–H and O–H groups in total. The second-order valence-electron chi connectivity index (χ2n) is 11.0. The van der Waals surface area contributed by atoms with Gasteiger partial charge < -0.3 is 14.7 Å². The molecule has 1 aliphatic carbocycles. The van der Waals surface area contributed by atoms with E-state index in [0.717, 1.165) is 31.5 Å². The number of rotatable bonds is 12. The average molecular weight is 599 g/mol. The Hall–Kier alpha value is -2.70. The number of piperidine rings is 1. The summed E-state index contributed by atoms with van der Waals surface area (Å²) in [5.41, 5.74) is 1.82. The Morgan fingerprint density at radius 1 is 1.12 bits per heavy atom. The van der Waals surface area contributed by atoms with Crippen LogP contribution in [0.25, 0.3) is 15.9 Å². The highest BCUT2D eigenvalue weighted by Gasteiger charge is 2.30. The number of allylic oxidation sites excluding steroid dienone is 1. The highest BCUT2D eigenvalue weighted by atomic mass is 32.2. The lowest BCUT2D eigenvalue weighted by Crippen LogP contribution is -2.40. The van der Waals surface area contributed by atoms with Crippen LogP contribution in [0.5, 0.6) is 5.88 Å². The highest BCUT2D eigenvalue weighted by molar-refractivity contribution is 7.89. The fourth-order valence-corrected chi connectivity index (χ4v) is 7.70. The number of Topliss-reactive ketones (excluding diaryl/α,β-unsaturated/α-hetero) is 1. The normalized spacial score (nSPS) is 18.1. The number of carbonyl (C=O) groups excluding carboxylic acids is 1. The lowest BCUT2D eigenvalue weighted by Gasteiger charge is -2.29. The summed E-state index contributed by atoms with van der Waals surface area (Å²) in [5, 5.41) is 10.2. The Bertz CT molecular complexity index is 1470. The minimum Gasteiger partial charge on any atom is -0.481 e. The van der Waals surface area contributed by atoms with Gasteiger partial charge >= 0.3 is 0 Å². The Morgan fingerprint density at radius 3 is 2.51 bits per heavy atom. The number of hydrogen-bond donors (Lipinski definition) is 2. The van der Waals surface area contributed by atoms with Crippen molar-refractivity contribution in [3.8, 4) is 5.88 Å². The number of ketones is 1. The van der Waals surface area contributed by atoms with Crippen LogP contribution in [0.3, 0.4) is 0 Å². The van der Waals surface area contributed by atoms with Crippen molar-refractivity contribution in [2.75, 3.05) is 33.3 Å². The van der Waals surface area contributed by atoms with E-state index < -0.39 is 15.9 Å². The summed E-state index contributed by atoms with van der Waals surface area (Å²) in [7, 11) is -2.13. The largest absolute Gasteiger partial charge is 0.481 e. The van der Waals surface area contributed by atoms with Crippen LogP contribution in [0.1, 0.15) is 61.4 Å². The fraction of sp³-hybridized carbons (Fsp3) is 0.500. The van der Waals surface area contributed by atoms with Crippen molar-refractivity contribution in [1.29, 1.82) is 0 Å². The maximum absolute atomic E-state index is 13.9. The van der Waals surface area contributed by atoms with Crippen LogP contribution >= 0.6 is 11.3 Å². The van der Waals surface area contributed by atoms with Crippen LogP contribution in [0.15, 0.2) is 47.9 Å². The molecule has 220 valence electrons. The molecular weight excluding hydrogens is 560 g/mol. The molecule has 2 aromatic heterocycles. The van der Waals surface area contributed by atoms with Gasteiger partial charge in [-0.3, -0.25) is 4.79 Å². The van der Waals surface area contributed by atoms with Crippen LogP contribution in [0.4, 0.5) is 0 Å². The molecule has 0 spiro atoms. The molecule has 11 heteroatoms. The van der Waals surface area contributed by atoms with E-state index in [4.69, 9.17) is 4.74 Å². The maximum Gasteiger partial charge on any atom is 0.240 e. The van der Waals surface area contributed by atoms with E-state index in [9.17, 15) is 18.3 Å². The number of fused-ring (bicyclic) bond motifs is 1. The number of nitrogens with one attached hydrogen (secondary N) is 1. The predicted molar refractivity (Wildman–Crippen MR) is 161 cm³/mol. The Balaban J connectivity index is 1.30. The summed E-state index contributed by atoms with van der Waals surface area (Å²) >= 11 is 1.32. The minimum atomic E-state index is -3.69. The van der Waals surface area contributed by atoms with E-state index in [1.165, 1.54) is 24.2 Å². The number of pyridine rings is 1. The second-order valence-corrected chi connectivity index (χ2v) is 13.8. The molecule has 2 aliphatic rings. The Morgan fingerprint density at radius 2 is 1.83 bits per heavy atom. The first-order valence-electron chi connectivity index (χ1n) is 14.3. The van der Waals surface area contributed by atoms with E-state index in [2.05, 4.69) is 26.2 Å². The van der Waals surface area contributed by atoms with Gasteiger partial charge in [-0.1, -0.05) is 55.7 Å². The zero-order valence-corrected chi connectivity index (χ0v) is 25.1. The third-order valence-electron chi connectivity index (χ3n) is 8.22. The van der Waals surface area contributed by atoms with Gasteiger partial charge in [0.1, 0.15) is 15.4 Å². The van der Waals surface area contributed by atoms with E-state index in [0.29, 0.717) is 65.1 Å². The number of thiazole rings is 1. The standard InChI is InChI=1S/C30H38N4O5S2/c1-20(29-32-26-11-12-27(39-2)33-30(26)40-29)28(36)25(19-21-5-3-4-6-21)22-7-9-24(10-8-22)41(37,38)31-15-18-34-16-13-23(35)14-17-34/h7-12,21,23,25,31,35H,1,3-6,13-19H2,2H3. The molecule has 0 bridgehead atoms. The third kappa shape index (κ3) is 7.21. The van der Waals surface area contributed by atoms with Gasteiger partial charge in [-0.05, 0) is 48.9 Å². The molecule has 1 atom stereocenters. The quantitative estimate of drug-likeness (QED) is 0.295. The average Bonchev–Trinajstić information content (AvgIpc) is 3.66. The number of sulfonamides is 1. The first-order chi connectivity index (χ1) is 19.7. The van der Waals surface area contributed by atoms with Gasteiger partial charge in [-0.25, -0.2) is 23.1 Å². The lowest BCUT2D eigenvalue weighted by atomic mass is 9.83. The van der Waals surface area contributed by atoms with Gasteiger partial charge in [0.2, 0.25) is 15.9 Å². The smallest absolute Gasteiger partial charge is 0.240 e. The second kappa shape index (κ2) is 13.1. The third-order valence-corrected chi connectivity index (χ3v) is 10.7. The van der Waals surface area contributed by atoms with Crippen molar-refractivity contribution in [1.82, 2.24) is 19.6 Å². The summed E-state index contributed by atoms with van der Waals surface area (Å²) < 4.78 is 33.8. The molecule has 3 heterocycles. The molecule has 1 unspecified atom stereocenters. The number of methoxy groups -OCH3 is 1. The van der Waals surface area contributed by atoms with Crippen molar-refractivity contribution in [2.24, 2.45) is 5.92 Å². The van der Waals surface area contributed by atoms with Crippen LogP contribution < -0.4 is 9.46 Å². The van der Waals surface area contributed by atoms with Crippen molar-refractivity contribution in [3.63, 3.8) is 0 Å². The molecule has 2 fully saturated rings. The fourth-order valence-electron chi connectivity index (χ4n) is 5.78. The molecule has 3 aromatic rings. The van der Waals surface area contributed by atoms with Crippen LogP contribution in [-0.2, 0) is 14.8 Å². The number of aliphatic hydroxyl groups excluding tert-OH is 1. The molecule has 41 heavy (non-hydrogen) atoms. The first kappa shape index (κ1) is 29.8. The minimum absolute atomic E-state index is 0.0942. The van der Waals surface area contributed by atoms with E-state index >= 15 is 0 Å². The number of hydrogen-bond acceptors (Lipinski definition) is 9. The van der Waals surface area contributed by atoms with E-state index in [1.807, 2.05) is 6.07 Å². The molecule has 0 amide bonds. The van der Waals surface area contributed by atoms with Crippen LogP contribution in [0.2, 0.25) is 0 Å². The van der Waals surface area contributed by atoms with Gasteiger partial charge in [0.25, 0.3) is 0 Å². The summed E-state index contributed by atoms with van der Waals surface area (Å²) in [5.74, 6) is 0.404. The summed E-state index contributed by atoms with van der Waals surface area (Å²) in [6.07, 6.45) is 6.38. The zero-order chi connectivity index (χ0) is 29.0. The molecule has 0 radical (unpaired) electrons. The Kier molecular flexibility index (Phi) is 9.50. The van der Waals surface area contributed by atoms with Gasteiger partial charge in [0.15, 0.2) is 5.78 Å². The van der Waals surface area contributed by atoms with Gasteiger partial charge in [0.05, 0.1) is 18.1 Å². The number of nitrogens with zero attached hydrogens (tertiary/aromatic N) is 3. The molecule has 1 saturated carbocycles. The molecule has 1 saturated heterocycles. The number of ether oxygens (including phenoxy) is 1. The summed E-state index contributed by atoms with van der Waals surface area (Å²) in [4.78, 5) is 25.9. The van der Waals surface area contributed by atoms with Crippen molar-refractivity contribution < 1.29 is 23.1 Å². The van der Waals surface area contributed by atoms with Crippen LogP contribution in [-0.4, -0.2) is 73.6 Å². The first-order valence-corrected chi connectivity index (χ1v) is 16.6. The van der Waals surface area contributed by atoms with Crippen molar-refractivity contribution in [3.05, 3.63) is 53.5 Å². The molecule has 9 nitrogen and oxygen atoms in total. The number of likely N-dealkylation sites (tertiary alicyclic amines) is 1. The zero-order valence-electron chi connectivity index (χ0n) is 23.4. The molecule has 5 rings (SSSR count). The lowest BCUT2D eigenvalue weighted by molar-refractivity contribution is -0.115. The predicted octanol–water partition coefficient (Wildman–Crippen LogP) is 4.38. The Labute approximate surface area is 245 Å². The van der Waals surface area contributed by atoms with Gasteiger partial charge in [0, 0.05) is 43.7 Å². The molecule has 1 aliphatic heterocycles. The summed E-state index contributed by atoms with van der Waals surface area (Å²) in [6.45, 7) is 6.55. The van der Waals surface area contributed by atoms with Gasteiger partial charge in [-0.15, -0.1) is 0 Å². The molecular formula is C30H38N4O5S2. The topological polar surface area (TPSA) is 122 Å². The van der Waals surface area contributed by atoms with E-state index in [-0.39, 0.29) is 16.8 Å². The maximum atomic E-state index is 13.9. The van der Waals surface area contributed by atoms with Gasteiger partial charge in [-0.2, -0.15) is 0 Å². The van der Waals surface area contributed by atoms with Crippen molar-refractivity contribution >= 4 is 43.1 Å². The number of aromatic nitrogens is 2. The highest BCUT2D eigenvalue weighted by Crippen LogP contribution is 2.38. The van der Waals surface area contributed by atoms with Crippen LogP contribution in [0, 0.1) is 5.92 Å². The van der Waals surface area contributed by atoms with E-state index in [1.54, 1.807) is 37.4 Å².